The summed E-state index contributed by atoms with van der Waals surface area (Å²) in [5.41, 5.74) is 3.66. The minimum atomic E-state index is -0.882. The van der Waals surface area contributed by atoms with E-state index >= 15 is 0 Å². The van der Waals surface area contributed by atoms with E-state index in [1.165, 1.54) is 0 Å². The molecule has 1 aromatic heterocycles. The number of nitrogens with one attached hydrogen (secondary N) is 1. The van der Waals surface area contributed by atoms with Crippen LogP contribution in [0.3, 0.4) is 0 Å². The van der Waals surface area contributed by atoms with Crippen molar-refractivity contribution in [1.29, 1.82) is 0 Å². The van der Waals surface area contributed by atoms with Crippen LogP contribution < -0.4 is 5.32 Å². The fraction of sp³-hybridized carbons (Fsp3) is 0.217. The van der Waals surface area contributed by atoms with E-state index < -0.39 is 12.1 Å². The number of para-hydroxylation sites is 1. The number of rotatable bonds is 7. The Balaban J connectivity index is 1.70. The second-order valence-corrected chi connectivity index (χ2v) is 6.69. The molecule has 0 spiro atoms. The number of esters is 1. The van der Waals surface area contributed by atoms with Crippen molar-refractivity contribution >= 4 is 17.4 Å². The quantitative estimate of drug-likeness (QED) is 0.467. The van der Waals surface area contributed by atoms with Gasteiger partial charge in [-0.15, -0.1) is 0 Å². The lowest BCUT2D eigenvalue weighted by molar-refractivity contribution is 0.0319. The molecule has 1 atom stereocenters. The van der Waals surface area contributed by atoms with Crippen LogP contribution in [0.25, 0.3) is 0 Å². The number of benzene rings is 2. The van der Waals surface area contributed by atoms with Gasteiger partial charge in [-0.3, -0.25) is 4.79 Å². The Morgan fingerprint density at radius 3 is 2.54 bits per heavy atom. The molecule has 3 rings (SSSR count). The Morgan fingerprint density at radius 2 is 1.82 bits per heavy atom. The topological polar surface area (TPSA) is 68.5 Å². The molecule has 0 aliphatic rings. The molecular weight excluding hydrogens is 354 g/mol. The highest BCUT2D eigenvalue weighted by molar-refractivity contribution is 6.02. The molecule has 0 aliphatic carbocycles. The largest absolute Gasteiger partial charge is 0.467 e. The lowest BCUT2D eigenvalue weighted by Gasteiger charge is -2.15. The number of anilines is 1. The van der Waals surface area contributed by atoms with E-state index in [9.17, 15) is 9.59 Å². The van der Waals surface area contributed by atoms with E-state index in [2.05, 4.69) is 5.32 Å². The van der Waals surface area contributed by atoms with Crippen molar-refractivity contribution in [3.05, 3.63) is 88.9 Å². The summed E-state index contributed by atoms with van der Waals surface area (Å²) in [5, 5.41) is 3.16. The minimum Gasteiger partial charge on any atom is -0.467 e. The Morgan fingerprint density at radius 1 is 1.04 bits per heavy atom. The van der Waals surface area contributed by atoms with Crippen LogP contribution in [0.15, 0.2) is 65.3 Å². The van der Waals surface area contributed by atoms with Gasteiger partial charge in [-0.1, -0.05) is 24.3 Å². The number of ether oxygens (including phenoxy) is 1. The van der Waals surface area contributed by atoms with Gasteiger partial charge < -0.3 is 14.5 Å². The molecule has 0 saturated carbocycles. The van der Waals surface area contributed by atoms with Crippen LogP contribution in [0, 0.1) is 13.8 Å². The molecule has 0 aliphatic heterocycles. The monoisotopic (exact) mass is 377 g/mol. The molecule has 0 unspecified atom stereocenters. The molecule has 0 radical (unpaired) electrons. The second-order valence-electron chi connectivity index (χ2n) is 6.69. The zero-order valence-corrected chi connectivity index (χ0v) is 16.2. The molecule has 144 valence electrons. The third kappa shape index (κ3) is 4.49. The fourth-order valence-electron chi connectivity index (χ4n) is 2.82. The number of hydrogen-bond donors (Lipinski definition) is 1. The van der Waals surface area contributed by atoms with Crippen LogP contribution >= 0.6 is 0 Å². The zero-order valence-electron chi connectivity index (χ0n) is 16.2. The predicted molar refractivity (Wildman–Crippen MR) is 108 cm³/mol. The third-order valence-corrected chi connectivity index (χ3v) is 4.62. The molecule has 5 heteroatoms. The molecule has 1 heterocycles. The normalized spacial score (nSPS) is 11.7. The Bertz CT molecular complexity index is 976. The lowest BCUT2D eigenvalue weighted by Crippen LogP contribution is -2.25. The van der Waals surface area contributed by atoms with Crippen LogP contribution in [-0.4, -0.2) is 17.9 Å². The Hall–Kier alpha value is -3.34. The van der Waals surface area contributed by atoms with Crippen molar-refractivity contribution in [3.63, 3.8) is 0 Å². The van der Waals surface area contributed by atoms with Crippen molar-refractivity contribution in [2.75, 3.05) is 5.32 Å². The van der Waals surface area contributed by atoms with Crippen LogP contribution in [0.2, 0.25) is 0 Å². The first kappa shape index (κ1) is 19.4. The van der Waals surface area contributed by atoms with Gasteiger partial charge in [0.05, 0.1) is 18.4 Å². The molecule has 0 amide bonds. The van der Waals surface area contributed by atoms with Gasteiger partial charge in [-0.25, -0.2) is 4.79 Å². The van der Waals surface area contributed by atoms with Crippen molar-refractivity contribution in [2.24, 2.45) is 0 Å². The number of carbonyl (C=O) groups is 2. The summed E-state index contributed by atoms with van der Waals surface area (Å²) in [6, 6.07) is 16.2. The standard InChI is InChI=1S/C23H23NO4/c1-15-10-11-18(13-16(15)2)22(25)17(3)28-23(26)20-8-4-5-9-21(20)24-14-19-7-6-12-27-19/h4-13,17,24H,14H2,1-3H3/t17-/m1/s1. The number of ketones is 1. The minimum absolute atomic E-state index is 0.225. The summed E-state index contributed by atoms with van der Waals surface area (Å²) < 4.78 is 10.7. The van der Waals surface area contributed by atoms with Gasteiger partial charge in [0.25, 0.3) is 0 Å². The molecule has 0 fully saturated rings. The molecule has 2 aromatic carbocycles. The Labute approximate surface area is 164 Å². The van der Waals surface area contributed by atoms with E-state index in [-0.39, 0.29) is 5.78 Å². The summed E-state index contributed by atoms with van der Waals surface area (Å²) in [4.78, 5) is 25.3. The SMILES string of the molecule is Cc1ccc(C(=O)[C@@H](C)OC(=O)c2ccccc2NCc2ccco2)cc1C. The smallest absolute Gasteiger partial charge is 0.340 e. The number of aryl methyl sites for hydroxylation is 2. The van der Waals surface area contributed by atoms with Crippen LogP contribution in [0.1, 0.15) is 44.5 Å². The van der Waals surface area contributed by atoms with Gasteiger partial charge in [-0.2, -0.15) is 0 Å². The first-order valence-electron chi connectivity index (χ1n) is 9.13. The van der Waals surface area contributed by atoms with E-state index in [4.69, 9.17) is 9.15 Å². The van der Waals surface area contributed by atoms with Gasteiger partial charge in [-0.05, 0) is 62.2 Å². The lowest BCUT2D eigenvalue weighted by atomic mass is 10.0. The average molecular weight is 377 g/mol. The molecule has 0 bridgehead atoms. The van der Waals surface area contributed by atoms with Crippen molar-refractivity contribution in [2.45, 2.75) is 33.4 Å². The summed E-state index contributed by atoms with van der Waals surface area (Å²) in [6.45, 7) is 5.96. The van der Waals surface area contributed by atoms with Crippen molar-refractivity contribution in [3.8, 4) is 0 Å². The number of Topliss-reactive ketones (excluding diaryl/α,β-unsaturated/α-hetero) is 1. The molecule has 28 heavy (non-hydrogen) atoms. The highest BCUT2D eigenvalue weighted by Crippen LogP contribution is 2.19. The molecule has 1 N–H and O–H groups in total. The maximum Gasteiger partial charge on any atom is 0.340 e. The van der Waals surface area contributed by atoms with E-state index in [1.807, 2.05) is 38.1 Å². The molecular formula is C23H23NO4. The number of hydrogen-bond acceptors (Lipinski definition) is 5. The zero-order chi connectivity index (χ0) is 20.1. The van der Waals surface area contributed by atoms with Crippen LogP contribution in [-0.2, 0) is 11.3 Å². The highest BCUT2D eigenvalue weighted by Gasteiger charge is 2.22. The van der Waals surface area contributed by atoms with Gasteiger partial charge in [0.1, 0.15) is 5.76 Å². The molecule has 5 nitrogen and oxygen atoms in total. The molecule has 3 aromatic rings. The highest BCUT2D eigenvalue weighted by atomic mass is 16.5. The fourth-order valence-corrected chi connectivity index (χ4v) is 2.82. The maximum atomic E-state index is 12.7. The van der Waals surface area contributed by atoms with Gasteiger partial charge in [0.2, 0.25) is 5.78 Å². The second kappa shape index (κ2) is 8.57. The number of carbonyl (C=O) groups excluding carboxylic acids is 2. The van der Waals surface area contributed by atoms with Crippen molar-refractivity contribution < 1.29 is 18.7 Å². The average Bonchev–Trinajstić information content (AvgIpc) is 3.21. The Kier molecular flexibility index (Phi) is 5.94. The van der Waals surface area contributed by atoms with E-state index in [1.54, 1.807) is 43.5 Å². The summed E-state index contributed by atoms with van der Waals surface area (Å²) in [6.07, 6.45) is 0.713. The maximum absolute atomic E-state index is 12.7. The predicted octanol–water partition coefficient (Wildman–Crippen LogP) is 4.94. The first-order chi connectivity index (χ1) is 13.5. The van der Waals surface area contributed by atoms with E-state index in [0.29, 0.717) is 23.4 Å². The molecule has 0 saturated heterocycles. The first-order valence-corrected chi connectivity index (χ1v) is 9.13. The van der Waals surface area contributed by atoms with Crippen molar-refractivity contribution in [1.82, 2.24) is 0 Å². The van der Waals surface area contributed by atoms with Gasteiger partial charge in [0, 0.05) is 11.3 Å². The van der Waals surface area contributed by atoms with Crippen LogP contribution in [0.5, 0.6) is 0 Å². The van der Waals surface area contributed by atoms with Crippen LogP contribution in [0.4, 0.5) is 5.69 Å². The third-order valence-electron chi connectivity index (χ3n) is 4.62. The summed E-state index contributed by atoms with van der Waals surface area (Å²) in [5.74, 6) is -0.0221. The summed E-state index contributed by atoms with van der Waals surface area (Å²) >= 11 is 0. The van der Waals surface area contributed by atoms with Gasteiger partial charge in [0.15, 0.2) is 6.10 Å². The summed E-state index contributed by atoms with van der Waals surface area (Å²) in [7, 11) is 0. The van der Waals surface area contributed by atoms with Gasteiger partial charge >= 0.3 is 5.97 Å². The van der Waals surface area contributed by atoms with E-state index in [0.717, 1.165) is 16.9 Å². The number of furan rings is 1.